The van der Waals surface area contributed by atoms with Crippen molar-refractivity contribution >= 4 is 34.8 Å². The number of aromatic amines is 1. The number of hydrogen-bond donors (Lipinski definition) is 6. The Bertz CT molecular complexity index is 2000. The van der Waals surface area contributed by atoms with Crippen LogP contribution in [0.3, 0.4) is 0 Å². The van der Waals surface area contributed by atoms with Crippen molar-refractivity contribution in [2.45, 2.75) is 56.7 Å². The van der Waals surface area contributed by atoms with Gasteiger partial charge in [0.15, 0.2) is 6.23 Å². The lowest BCUT2D eigenvalue weighted by atomic mass is 9.93. The molecular formula is C29H40N7O16P3. The normalized spacial score (nSPS) is 20.6. The second-order valence-corrected chi connectivity index (χ2v) is 17.0. The van der Waals surface area contributed by atoms with Gasteiger partial charge in [-0.15, -0.1) is 0 Å². The molecule has 4 unspecified atom stereocenters. The van der Waals surface area contributed by atoms with Crippen LogP contribution in [0.4, 0.5) is 5.69 Å². The Morgan fingerprint density at radius 3 is 2.53 bits per heavy atom. The van der Waals surface area contributed by atoms with E-state index in [0.717, 1.165) is 29.3 Å². The molecule has 6 atom stereocenters. The van der Waals surface area contributed by atoms with Gasteiger partial charge < -0.3 is 44.3 Å². The van der Waals surface area contributed by atoms with Crippen LogP contribution in [0.2, 0.25) is 0 Å². The van der Waals surface area contributed by atoms with Crippen molar-refractivity contribution in [1.29, 1.82) is 0 Å². The first-order valence-electron chi connectivity index (χ1n) is 16.5. The van der Waals surface area contributed by atoms with Crippen molar-refractivity contribution in [3.63, 3.8) is 0 Å². The van der Waals surface area contributed by atoms with Crippen LogP contribution < -0.4 is 26.6 Å². The van der Waals surface area contributed by atoms with Crippen LogP contribution in [0, 0.1) is 11.8 Å². The first kappa shape index (κ1) is 43.9. The van der Waals surface area contributed by atoms with Gasteiger partial charge in [-0.1, -0.05) is 17.0 Å². The monoisotopic (exact) mass is 835 g/mol. The molecular weight excluding hydrogens is 795 g/mol. The molecule has 4 rings (SSSR count). The zero-order valence-corrected chi connectivity index (χ0v) is 31.9. The molecule has 1 saturated heterocycles. The number of anilines is 1. The fourth-order valence-electron chi connectivity index (χ4n) is 4.86. The molecule has 2 aromatic rings. The summed E-state index contributed by atoms with van der Waals surface area (Å²) >= 11 is 0. The Hall–Kier alpha value is -3.83. The Balaban J connectivity index is 1.15. The van der Waals surface area contributed by atoms with Crippen LogP contribution in [0.5, 0.6) is 5.75 Å². The number of ether oxygens (including phenoxy) is 4. The fourth-order valence-corrected chi connectivity index (χ4v) is 8.36. The standard InChI is InChI=1S/C29H40N7O16P3/c1-53(40,41)51-55(44,45)52-54(42,43)49-17-24-11-12-27(50-24)36-16-20(28(38)33-29(36)39)4-3-13-31-25(37)18-46-14-15-47-26(34-35-30)19-48-23-9-7-22(8-10-23)32-21-5-2-6-21/h7-10,16,21,24,26-27,32H,2,5-6,11-15,17-19H2,1H3,(H,31,37)(H,40,41)(H,42,43)(H,44,45)(H,33,38,39)/t24-,26?,27+/m0/s1. The van der Waals surface area contributed by atoms with Gasteiger partial charge in [-0.05, 0) is 61.9 Å². The lowest BCUT2D eigenvalue weighted by Gasteiger charge is -2.27. The third kappa shape index (κ3) is 15.7. The van der Waals surface area contributed by atoms with Crippen LogP contribution in [0.25, 0.3) is 10.4 Å². The van der Waals surface area contributed by atoms with Crippen LogP contribution in [0.1, 0.15) is 43.9 Å². The number of amides is 1. The van der Waals surface area contributed by atoms with Gasteiger partial charge in [0.2, 0.25) is 5.91 Å². The highest BCUT2D eigenvalue weighted by Gasteiger charge is 2.40. The molecule has 0 radical (unpaired) electrons. The Morgan fingerprint density at radius 2 is 1.85 bits per heavy atom. The third-order valence-electron chi connectivity index (χ3n) is 7.52. The molecule has 1 aromatic carbocycles. The van der Waals surface area contributed by atoms with E-state index in [4.69, 9.17) is 29.4 Å². The van der Waals surface area contributed by atoms with Crippen molar-refractivity contribution in [2.24, 2.45) is 5.11 Å². The number of aromatic nitrogens is 2. The number of nitrogens with zero attached hydrogens (tertiary/aromatic N) is 4. The van der Waals surface area contributed by atoms with E-state index < -0.39 is 65.6 Å². The Labute approximate surface area is 313 Å². The van der Waals surface area contributed by atoms with Crippen molar-refractivity contribution in [3.8, 4) is 17.6 Å². The van der Waals surface area contributed by atoms with Crippen LogP contribution >= 0.6 is 23.2 Å². The maximum Gasteiger partial charge on any atom is 0.488 e. The first-order valence-corrected chi connectivity index (χ1v) is 21.5. The molecule has 23 nitrogen and oxygen atoms in total. The molecule has 2 fully saturated rings. The topological polar surface area (TPSA) is 321 Å². The molecule has 0 bridgehead atoms. The van der Waals surface area contributed by atoms with E-state index >= 15 is 0 Å². The summed E-state index contributed by atoms with van der Waals surface area (Å²) in [7, 11) is -15.3. The van der Waals surface area contributed by atoms with E-state index in [9.17, 15) is 37.9 Å². The van der Waals surface area contributed by atoms with Gasteiger partial charge in [-0.25, -0.2) is 18.2 Å². The summed E-state index contributed by atoms with van der Waals surface area (Å²) in [5, 5.41) is 9.47. The van der Waals surface area contributed by atoms with Gasteiger partial charge >= 0.3 is 28.9 Å². The summed E-state index contributed by atoms with van der Waals surface area (Å²) in [5.41, 5.74) is 8.04. The van der Waals surface area contributed by atoms with Crippen molar-refractivity contribution in [3.05, 3.63) is 67.3 Å². The summed E-state index contributed by atoms with van der Waals surface area (Å²) in [6, 6.07) is 7.90. The highest BCUT2D eigenvalue weighted by molar-refractivity contribution is 7.68. The quantitative estimate of drug-likeness (QED) is 0.0263. The van der Waals surface area contributed by atoms with Crippen molar-refractivity contribution in [1.82, 2.24) is 14.9 Å². The fraction of sp³-hybridized carbons (Fsp3) is 0.552. The molecule has 1 amide bonds. The SMILES string of the molecule is CP(=O)(O)OP(=O)(O)OP(=O)(O)OC[C@@H]1CC[C@H](n2cc(C#CCNC(=O)COCCOC(COc3ccc(NC4CCC4)cc3)N=[N+]=[N-])c(=O)[nH]c2=O)O1. The zero-order chi connectivity index (χ0) is 40.1. The minimum atomic E-state index is -5.45. The maximum absolute atomic E-state index is 12.5. The number of phosphoric acid groups is 2. The summed E-state index contributed by atoms with van der Waals surface area (Å²) < 4.78 is 70.5. The third-order valence-corrected chi connectivity index (χ3v) is 11.7. The van der Waals surface area contributed by atoms with E-state index in [1.807, 2.05) is 12.1 Å². The summed E-state index contributed by atoms with van der Waals surface area (Å²) in [4.78, 5) is 70.0. The molecule has 6 N–H and O–H groups in total. The molecule has 1 saturated carbocycles. The van der Waals surface area contributed by atoms with Crippen molar-refractivity contribution in [2.75, 3.05) is 51.6 Å². The number of nitrogens with one attached hydrogen (secondary N) is 3. The summed E-state index contributed by atoms with van der Waals surface area (Å²) in [5.74, 6) is 5.17. The van der Waals surface area contributed by atoms with Gasteiger partial charge in [0.1, 0.15) is 30.8 Å². The number of carbonyl (C=O) groups excluding carboxylic acids is 1. The summed E-state index contributed by atoms with van der Waals surface area (Å²) in [6.07, 6.45) is 2.17. The van der Waals surface area contributed by atoms with Crippen molar-refractivity contribution < 1.29 is 65.3 Å². The molecule has 1 aromatic heterocycles. The van der Waals surface area contributed by atoms with E-state index in [-0.39, 0.29) is 51.4 Å². The van der Waals surface area contributed by atoms with Crippen LogP contribution in [-0.4, -0.2) is 94.8 Å². The van der Waals surface area contributed by atoms with Crippen LogP contribution in [0.15, 0.2) is 45.2 Å². The van der Waals surface area contributed by atoms with Crippen LogP contribution in [-0.2, 0) is 45.8 Å². The largest absolute Gasteiger partial charge is 0.491 e. The van der Waals surface area contributed by atoms with Gasteiger partial charge in [0.25, 0.3) is 5.56 Å². The second-order valence-electron chi connectivity index (χ2n) is 12.0. The average molecular weight is 836 g/mol. The number of phosphoric ester groups is 1. The number of rotatable bonds is 21. The average Bonchev–Trinajstić information content (AvgIpc) is 3.55. The van der Waals surface area contributed by atoms with Gasteiger partial charge in [-0.3, -0.25) is 28.2 Å². The summed E-state index contributed by atoms with van der Waals surface area (Å²) in [6.45, 7) is -0.694. The van der Waals surface area contributed by atoms with E-state index in [1.54, 1.807) is 12.1 Å². The second kappa shape index (κ2) is 20.4. The van der Waals surface area contributed by atoms with Gasteiger partial charge in [0, 0.05) is 29.5 Å². The number of hydrogen-bond acceptors (Lipinski definition) is 15. The Morgan fingerprint density at radius 1 is 1.11 bits per heavy atom. The minimum absolute atomic E-state index is 0.00421. The zero-order valence-electron chi connectivity index (χ0n) is 29.3. The van der Waals surface area contributed by atoms with Gasteiger partial charge in [0.05, 0.1) is 32.5 Å². The molecule has 1 aliphatic carbocycles. The number of benzene rings is 1. The Kier molecular flexibility index (Phi) is 16.3. The predicted molar refractivity (Wildman–Crippen MR) is 191 cm³/mol. The smallest absolute Gasteiger partial charge is 0.488 e. The molecule has 2 heterocycles. The lowest BCUT2D eigenvalue weighted by molar-refractivity contribution is -0.126. The van der Waals surface area contributed by atoms with Gasteiger partial charge in [-0.2, -0.15) is 4.31 Å². The maximum atomic E-state index is 12.5. The van der Waals surface area contributed by atoms with E-state index in [0.29, 0.717) is 18.5 Å². The van der Waals surface area contributed by atoms with E-state index in [1.165, 1.54) is 6.42 Å². The first-order chi connectivity index (χ1) is 26.0. The lowest BCUT2D eigenvalue weighted by Crippen LogP contribution is -2.34. The van der Waals surface area contributed by atoms with E-state index in [2.05, 4.69) is 50.6 Å². The minimum Gasteiger partial charge on any atom is -0.491 e. The molecule has 26 heteroatoms. The number of azide groups is 1. The highest BCUT2D eigenvalue weighted by atomic mass is 31.3. The number of H-pyrrole nitrogens is 1. The molecule has 302 valence electrons. The molecule has 55 heavy (non-hydrogen) atoms. The molecule has 1 aliphatic heterocycles. The highest BCUT2D eigenvalue weighted by Crippen LogP contribution is 2.66. The molecule has 2 aliphatic rings. The number of carbonyl (C=O) groups is 1. The predicted octanol–water partition coefficient (Wildman–Crippen LogP) is 2.46. The molecule has 0 spiro atoms.